The van der Waals surface area contributed by atoms with Crippen molar-refractivity contribution in [3.63, 3.8) is 0 Å². The Balaban J connectivity index is 1.84. The van der Waals surface area contributed by atoms with Gasteiger partial charge in [0.15, 0.2) is 11.5 Å². The van der Waals surface area contributed by atoms with E-state index < -0.39 is 0 Å². The van der Waals surface area contributed by atoms with E-state index >= 15 is 0 Å². The summed E-state index contributed by atoms with van der Waals surface area (Å²) in [6, 6.07) is 13.4. The quantitative estimate of drug-likeness (QED) is 0.626. The molecule has 1 fully saturated rings. The molecule has 152 valence electrons. The Bertz CT molecular complexity index is 1070. The molecule has 6 heteroatoms. The molecule has 3 aromatic rings. The van der Waals surface area contributed by atoms with E-state index in [0.29, 0.717) is 23.8 Å². The highest BCUT2D eigenvalue weighted by molar-refractivity contribution is 5.80. The molecule has 1 aromatic heterocycles. The number of benzene rings is 2. The van der Waals surface area contributed by atoms with Crippen molar-refractivity contribution < 1.29 is 23.4 Å². The van der Waals surface area contributed by atoms with Crippen molar-refractivity contribution >= 4 is 11.0 Å². The minimum absolute atomic E-state index is 0.178. The summed E-state index contributed by atoms with van der Waals surface area (Å²) in [4.78, 5) is 4.86. The molecule has 1 atom stereocenters. The van der Waals surface area contributed by atoms with Crippen molar-refractivity contribution in [1.29, 1.82) is 0 Å². The van der Waals surface area contributed by atoms with Gasteiger partial charge in [0.05, 0.1) is 39.3 Å². The van der Waals surface area contributed by atoms with Crippen molar-refractivity contribution in [1.82, 2.24) is 0 Å². The molecule has 1 saturated heterocycles. The van der Waals surface area contributed by atoms with Crippen LogP contribution in [-0.2, 0) is 4.74 Å². The monoisotopic (exact) mass is 395 g/mol. The molecule has 0 spiro atoms. The summed E-state index contributed by atoms with van der Waals surface area (Å²) < 4.78 is 28.1. The molecule has 2 heterocycles. The fourth-order valence-corrected chi connectivity index (χ4v) is 3.53. The lowest BCUT2D eigenvalue weighted by Crippen LogP contribution is -2.13. The number of methoxy groups -OCH3 is 3. The lowest BCUT2D eigenvalue weighted by molar-refractivity contribution is 0.117. The molecular weight excluding hydrogens is 370 g/mol. The van der Waals surface area contributed by atoms with Gasteiger partial charge < -0.3 is 23.4 Å². The number of rotatable bonds is 6. The third-order valence-corrected chi connectivity index (χ3v) is 5.11. The summed E-state index contributed by atoms with van der Waals surface area (Å²) in [6.45, 7) is 1.44. The van der Waals surface area contributed by atoms with Gasteiger partial charge >= 0.3 is 0 Å². The van der Waals surface area contributed by atoms with E-state index in [9.17, 15) is 0 Å². The molecular formula is C23H25NO5. The Kier molecular flexibility index (Phi) is 5.71. The van der Waals surface area contributed by atoms with Crippen LogP contribution in [0.1, 0.15) is 12.8 Å². The van der Waals surface area contributed by atoms with Crippen LogP contribution in [0.25, 0.3) is 22.3 Å². The zero-order chi connectivity index (χ0) is 20.2. The SMILES string of the molecule is COc1ccc2oc(-c3ccc(OC)c(OC)c3)cc(=NCC3CCCO3)c2c1. The zero-order valence-electron chi connectivity index (χ0n) is 16.9. The van der Waals surface area contributed by atoms with Gasteiger partial charge in [0.1, 0.15) is 17.1 Å². The van der Waals surface area contributed by atoms with Crippen LogP contribution >= 0.6 is 0 Å². The van der Waals surface area contributed by atoms with Crippen LogP contribution in [0.15, 0.2) is 51.9 Å². The molecule has 1 aliphatic rings. The topological polar surface area (TPSA) is 62.4 Å². The predicted octanol–water partition coefficient (Wildman–Crippen LogP) is 4.21. The van der Waals surface area contributed by atoms with E-state index in [1.807, 2.05) is 42.5 Å². The minimum atomic E-state index is 0.178. The number of hydrogen-bond donors (Lipinski definition) is 0. The van der Waals surface area contributed by atoms with Gasteiger partial charge in [0.2, 0.25) is 0 Å². The summed E-state index contributed by atoms with van der Waals surface area (Å²) in [5.41, 5.74) is 1.62. The summed E-state index contributed by atoms with van der Waals surface area (Å²) in [5, 5.41) is 1.76. The Morgan fingerprint density at radius 3 is 2.55 bits per heavy atom. The van der Waals surface area contributed by atoms with Gasteiger partial charge in [-0.15, -0.1) is 0 Å². The van der Waals surface area contributed by atoms with Crippen molar-refractivity contribution in [2.24, 2.45) is 4.99 Å². The fraction of sp³-hybridized carbons (Fsp3) is 0.348. The Morgan fingerprint density at radius 2 is 1.83 bits per heavy atom. The third kappa shape index (κ3) is 4.07. The van der Waals surface area contributed by atoms with Gasteiger partial charge in [-0.25, -0.2) is 0 Å². The molecule has 0 amide bonds. The maximum absolute atomic E-state index is 6.19. The molecule has 0 N–H and O–H groups in total. The third-order valence-electron chi connectivity index (χ3n) is 5.11. The van der Waals surface area contributed by atoms with Crippen LogP contribution in [0.4, 0.5) is 0 Å². The van der Waals surface area contributed by atoms with Gasteiger partial charge in [-0.2, -0.15) is 0 Å². The first kappa shape index (κ1) is 19.3. The highest BCUT2D eigenvalue weighted by atomic mass is 16.5. The standard InChI is InChI=1S/C23H25NO5/c1-25-16-7-9-20-18(12-16)19(24-14-17-5-4-10-28-17)13-22(29-20)15-6-8-21(26-2)23(11-15)27-3/h6-9,11-13,17H,4-5,10,14H2,1-3H3. The summed E-state index contributed by atoms with van der Waals surface area (Å²) in [7, 11) is 4.89. The Labute approximate surface area is 169 Å². The van der Waals surface area contributed by atoms with E-state index in [1.54, 1.807) is 21.3 Å². The molecule has 6 nitrogen and oxygen atoms in total. The van der Waals surface area contributed by atoms with Gasteiger partial charge in [-0.3, -0.25) is 4.99 Å². The largest absolute Gasteiger partial charge is 0.497 e. The van der Waals surface area contributed by atoms with Crippen LogP contribution in [0.3, 0.4) is 0 Å². The second kappa shape index (κ2) is 8.57. The van der Waals surface area contributed by atoms with Crippen LogP contribution in [0.2, 0.25) is 0 Å². The van der Waals surface area contributed by atoms with Crippen LogP contribution in [0.5, 0.6) is 17.2 Å². The average Bonchev–Trinajstić information content (AvgIpc) is 3.30. The number of nitrogens with zero attached hydrogens (tertiary/aromatic N) is 1. The van der Waals surface area contributed by atoms with Gasteiger partial charge in [-0.1, -0.05) is 0 Å². The van der Waals surface area contributed by atoms with Gasteiger partial charge in [0.25, 0.3) is 0 Å². The fourth-order valence-electron chi connectivity index (χ4n) is 3.53. The smallest absolute Gasteiger partial charge is 0.161 e. The van der Waals surface area contributed by atoms with E-state index in [-0.39, 0.29) is 6.10 Å². The maximum Gasteiger partial charge on any atom is 0.161 e. The van der Waals surface area contributed by atoms with E-state index in [1.165, 1.54) is 0 Å². The van der Waals surface area contributed by atoms with Crippen LogP contribution in [0, 0.1) is 0 Å². The first-order chi connectivity index (χ1) is 14.2. The number of fused-ring (bicyclic) bond motifs is 1. The molecule has 0 aliphatic carbocycles. The summed E-state index contributed by atoms with van der Waals surface area (Å²) in [6.07, 6.45) is 2.32. The van der Waals surface area contributed by atoms with Crippen molar-refractivity contribution in [2.45, 2.75) is 18.9 Å². The Hall–Kier alpha value is -2.99. The molecule has 29 heavy (non-hydrogen) atoms. The average molecular weight is 395 g/mol. The molecule has 1 aliphatic heterocycles. The van der Waals surface area contributed by atoms with Crippen molar-refractivity contribution in [3.8, 4) is 28.6 Å². The zero-order valence-corrected chi connectivity index (χ0v) is 16.9. The molecule has 2 aromatic carbocycles. The van der Waals surface area contributed by atoms with Gasteiger partial charge in [0, 0.05) is 23.6 Å². The molecule has 0 bridgehead atoms. The first-order valence-electron chi connectivity index (χ1n) is 9.68. The Morgan fingerprint density at radius 1 is 0.966 bits per heavy atom. The summed E-state index contributed by atoms with van der Waals surface area (Å²) >= 11 is 0. The number of hydrogen-bond acceptors (Lipinski definition) is 6. The lowest BCUT2D eigenvalue weighted by atomic mass is 10.1. The van der Waals surface area contributed by atoms with Crippen LogP contribution in [-0.4, -0.2) is 40.6 Å². The maximum atomic E-state index is 6.19. The second-order valence-corrected chi connectivity index (χ2v) is 6.90. The van der Waals surface area contributed by atoms with Crippen molar-refractivity contribution in [3.05, 3.63) is 47.8 Å². The molecule has 4 rings (SSSR count). The highest BCUT2D eigenvalue weighted by Gasteiger charge is 2.15. The first-order valence-corrected chi connectivity index (χ1v) is 9.68. The normalized spacial score (nSPS) is 16.9. The van der Waals surface area contributed by atoms with Crippen LogP contribution < -0.4 is 19.6 Å². The minimum Gasteiger partial charge on any atom is -0.497 e. The van der Waals surface area contributed by atoms with E-state index in [2.05, 4.69) is 0 Å². The molecule has 1 unspecified atom stereocenters. The number of ether oxygens (including phenoxy) is 4. The van der Waals surface area contributed by atoms with E-state index in [4.69, 9.17) is 28.4 Å². The molecule has 0 saturated carbocycles. The highest BCUT2D eigenvalue weighted by Crippen LogP contribution is 2.33. The van der Waals surface area contributed by atoms with Gasteiger partial charge in [-0.05, 0) is 49.2 Å². The molecule has 0 radical (unpaired) electrons. The second-order valence-electron chi connectivity index (χ2n) is 6.90. The summed E-state index contributed by atoms with van der Waals surface area (Å²) in [5.74, 6) is 2.78. The lowest BCUT2D eigenvalue weighted by Gasteiger charge is -2.11. The van der Waals surface area contributed by atoms with Crippen molar-refractivity contribution in [2.75, 3.05) is 34.5 Å². The van der Waals surface area contributed by atoms with E-state index in [0.717, 1.165) is 47.1 Å². The predicted molar refractivity (Wildman–Crippen MR) is 111 cm³/mol.